The molecule has 0 unspecified atom stereocenters. The van der Waals surface area contributed by atoms with E-state index >= 15 is 0 Å². The molecule has 3 aliphatic heterocycles. The quantitative estimate of drug-likeness (QED) is 0.523. The number of ether oxygens (including phenoxy) is 2. The predicted molar refractivity (Wildman–Crippen MR) is 54.2 cm³/mol. The molecule has 2 fully saturated rings. The third-order valence-electron chi connectivity index (χ3n) is 3.76. The lowest BCUT2D eigenvalue weighted by Crippen LogP contribution is -2.28. The van der Waals surface area contributed by atoms with Crippen LogP contribution in [0.3, 0.4) is 0 Å². The number of carbonyl (C=O) groups excluding carboxylic acids is 1. The predicted octanol–water partition coefficient (Wildman–Crippen LogP) is 1.67. The second kappa shape index (κ2) is 3.34. The Morgan fingerprint density at radius 2 is 2.13 bits per heavy atom. The van der Waals surface area contributed by atoms with Gasteiger partial charge in [-0.3, -0.25) is 4.79 Å². The summed E-state index contributed by atoms with van der Waals surface area (Å²) in [5.41, 5.74) is 0. The fraction of sp³-hybridized carbons (Fsp3) is 0.750. The van der Waals surface area contributed by atoms with Crippen LogP contribution >= 0.6 is 0 Å². The van der Waals surface area contributed by atoms with Crippen LogP contribution in [0.15, 0.2) is 12.2 Å². The zero-order chi connectivity index (χ0) is 10.4. The van der Waals surface area contributed by atoms with Crippen LogP contribution in [0, 0.1) is 11.8 Å². The number of fused-ring (bicyclic) bond motifs is 5. The SMILES string of the molecule is CCCC[C@@H]1OC(=O)[C@@H]2[C@@H]1[C@H]1C=C[C@@H]2O1. The lowest BCUT2D eigenvalue weighted by molar-refractivity contribution is -0.147. The Labute approximate surface area is 89.4 Å². The van der Waals surface area contributed by atoms with Gasteiger partial charge in [-0.2, -0.15) is 0 Å². The summed E-state index contributed by atoms with van der Waals surface area (Å²) < 4.78 is 11.2. The monoisotopic (exact) mass is 208 g/mol. The van der Waals surface area contributed by atoms with Gasteiger partial charge in [0.15, 0.2) is 0 Å². The van der Waals surface area contributed by atoms with Crippen molar-refractivity contribution >= 4 is 5.97 Å². The average molecular weight is 208 g/mol. The van der Waals surface area contributed by atoms with E-state index in [1.165, 1.54) is 0 Å². The van der Waals surface area contributed by atoms with E-state index in [2.05, 4.69) is 13.0 Å². The minimum Gasteiger partial charge on any atom is -0.462 e. The second-order valence-electron chi connectivity index (χ2n) is 4.67. The molecular formula is C12H16O3. The standard InChI is InChI=1S/C12H16O3/c1-2-3-4-7-10-8-5-6-9(14-8)11(10)12(13)15-7/h5-11H,2-4H2,1H3/t7-,8+,9-,10-,11-/m0/s1. The highest BCUT2D eigenvalue weighted by Gasteiger charge is 2.58. The van der Waals surface area contributed by atoms with Gasteiger partial charge in [-0.05, 0) is 6.42 Å². The Kier molecular flexibility index (Phi) is 2.09. The first-order valence-electron chi connectivity index (χ1n) is 5.85. The van der Waals surface area contributed by atoms with Gasteiger partial charge in [0, 0.05) is 5.92 Å². The van der Waals surface area contributed by atoms with Gasteiger partial charge in [-0.15, -0.1) is 0 Å². The van der Waals surface area contributed by atoms with Crippen LogP contribution in [0.4, 0.5) is 0 Å². The molecule has 0 N–H and O–H groups in total. The number of cyclic esters (lactones) is 1. The second-order valence-corrected chi connectivity index (χ2v) is 4.67. The van der Waals surface area contributed by atoms with Crippen molar-refractivity contribution in [1.82, 2.24) is 0 Å². The highest BCUT2D eigenvalue weighted by molar-refractivity contribution is 5.77. The summed E-state index contributed by atoms with van der Waals surface area (Å²) in [6.07, 6.45) is 7.60. The van der Waals surface area contributed by atoms with Crippen molar-refractivity contribution < 1.29 is 14.3 Å². The van der Waals surface area contributed by atoms with E-state index in [4.69, 9.17) is 9.47 Å². The Hall–Kier alpha value is -0.830. The first kappa shape index (κ1) is 9.40. The Morgan fingerprint density at radius 1 is 1.33 bits per heavy atom. The molecule has 3 aliphatic rings. The average Bonchev–Trinajstić information content (AvgIpc) is 2.88. The molecule has 3 nitrogen and oxygen atoms in total. The molecule has 0 radical (unpaired) electrons. The number of hydrogen-bond acceptors (Lipinski definition) is 3. The van der Waals surface area contributed by atoms with E-state index in [1.54, 1.807) is 0 Å². The molecule has 3 heteroatoms. The van der Waals surface area contributed by atoms with Gasteiger partial charge in [0.1, 0.15) is 6.10 Å². The fourth-order valence-corrected chi connectivity index (χ4v) is 3.04. The van der Waals surface area contributed by atoms with Crippen LogP contribution in [0.2, 0.25) is 0 Å². The molecule has 0 saturated carbocycles. The molecule has 0 aromatic rings. The zero-order valence-corrected chi connectivity index (χ0v) is 8.89. The Balaban J connectivity index is 1.78. The Morgan fingerprint density at radius 3 is 2.93 bits per heavy atom. The van der Waals surface area contributed by atoms with Crippen LogP contribution in [0.1, 0.15) is 26.2 Å². The summed E-state index contributed by atoms with van der Waals surface area (Å²) in [5, 5.41) is 0. The van der Waals surface area contributed by atoms with E-state index in [1.807, 2.05) is 6.08 Å². The summed E-state index contributed by atoms with van der Waals surface area (Å²) >= 11 is 0. The maximum Gasteiger partial charge on any atom is 0.312 e. The molecule has 0 aromatic carbocycles. The summed E-state index contributed by atoms with van der Waals surface area (Å²) in [7, 11) is 0. The van der Waals surface area contributed by atoms with E-state index < -0.39 is 0 Å². The maximum atomic E-state index is 11.7. The van der Waals surface area contributed by atoms with E-state index in [-0.39, 0.29) is 30.2 Å². The molecule has 5 atom stereocenters. The van der Waals surface area contributed by atoms with Gasteiger partial charge >= 0.3 is 5.97 Å². The van der Waals surface area contributed by atoms with Crippen LogP contribution in [-0.4, -0.2) is 24.3 Å². The van der Waals surface area contributed by atoms with Crippen molar-refractivity contribution in [2.24, 2.45) is 11.8 Å². The molecule has 0 aliphatic carbocycles. The summed E-state index contributed by atoms with van der Waals surface area (Å²) in [6.45, 7) is 2.16. The largest absolute Gasteiger partial charge is 0.462 e. The first-order chi connectivity index (χ1) is 7.31. The van der Waals surface area contributed by atoms with E-state index in [0.717, 1.165) is 19.3 Å². The van der Waals surface area contributed by atoms with E-state index in [9.17, 15) is 4.79 Å². The summed E-state index contributed by atoms with van der Waals surface area (Å²) in [5.74, 6) is 0.235. The van der Waals surface area contributed by atoms with Crippen LogP contribution in [-0.2, 0) is 14.3 Å². The van der Waals surface area contributed by atoms with Crippen LogP contribution < -0.4 is 0 Å². The van der Waals surface area contributed by atoms with Gasteiger partial charge in [0.2, 0.25) is 0 Å². The van der Waals surface area contributed by atoms with Crippen molar-refractivity contribution in [3.8, 4) is 0 Å². The summed E-state index contributed by atoms with van der Waals surface area (Å²) in [4.78, 5) is 11.7. The number of carbonyl (C=O) groups is 1. The van der Waals surface area contributed by atoms with E-state index in [0.29, 0.717) is 5.92 Å². The molecule has 3 heterocycles. The molecule has 82 valence electrons. The van der Waals surface area contributed by atoms with Gasteiger partial charge in [0.25, 0.3) is 0 Å². The molecule has 0 amide bonds. The normalized spacial score (nSPS) is 45.9. The summed E-state index contributed by atoms with van der Waals surface area (Å²) in [6, 6.07) is 0. The smallest absolute Gasteiger partial charge is 0.312 e. The third kappa shape index (κ3) is 1.26. The molecule has 2 saturated heterocycles. The lowest BCUT2D eigenvalue weighted by Gasteiger charge is -2.19. The molecular weight excluding hydrogens is 192 g/mol. The van der Waals surface area contributed by atoms with Crippen molar-refractivity contribution in [3.05, 3.63) is 12.2 Å². The van der Waals surface area contributed by atoms with Crippen molar-refractivity contribution in [2.75, 3.05) is 0 Å². The van der Waals surface area contributed by atoms with Crippen molar-refractivity contribution in [1.29, 1.82) is 0 Å². The number of unbranched alkanes of at least 4 members (excludes halogenated alkanes) is 1. The van der Waals surface area contributed by atoms with Gasteiger partial charge in [-0.1, -0.05) is 31.9 Å². The van der Waals surface area contributed by atoms with Gasteiger partial charge in [-0.25, -0.2) is 0 Å². The van der Waals surface area contributed by atoms with Crippen molar-refractivity contribution in [3.63, 3.8) is 0 Å². The lowest BCUT2D eigenvalue weighted by atomic mass is 9.80. The third-order valence-corrected chi connectivity index (χ3v) is 3.76. The molecule has 0 spiro atoms. The number of rotatable bonds is 3. The fourth-order valence-electron chi connectivity index (χ4n) is 3.04. The highest BCUT2D eigenvalue weighted by atomic mass is 16.6. The molecule has 15 heavy (non-hydrogen) atoms. The minimum atomic E-state index is -0.0436. The zero-order valence-electron chi connectivity index (χ0n) is 8.89. The van der Waals surface area contributed by atoms with Crippen LogP contribution in [0.25, 0.3) is 0 Å². The first-order valence-corrected chi connectivity index (χ1v) is 5.85. The van der Waals surface area contributed by atoms with Gasteiger partial charge in [0.05, 0.1) is 18.1 Å². The Bertz CT molecular complexity index is 310. The number of esters is 1. The van der Waals surface area contributed by atoms with Gasteiger partial charge < -0.3 is 9.47 Å². The highest BCUT2D eigenvalue weighted by Crippen LogP contribution is 2.47. The minimum absolute atomic E-state index is 0.000809. The van der Waals surface area contributed by atoms with Crippen molar-refractivity contribution in [2.45, 2.75) is 44.5 Å². The van der Waals surface area contributed by atoms with Crippen LogP contribution in [0.5, 0.6) is 0 Å². The maximum absolute atomic E-state index is 11.7. The topological polar surface area (TPSA) is 35.5 Å². The number of hydrogen-bond donors (Lipinski definition) is 0. The molecule has 0 aromatic heterocycles. The molecule has 2 bridgehead atoms. The molecule has 3 rings (SSSR count).